The Hall–Kier alpha value is -0.890. The van der Waals surface area contributed by atoms with Gasteiger partial charge in [-0.3, -0.25) is 4.90 Å². The molecule has 0 aromatic carbocycles. The summed E-state index contributed by atoms with van der Waals surface area (Å²) in [6.45, 7) is 1.75. The Bertz CT molecular complexity index is 115. The monoisotopic (exact) mass is 210 g/mol. The van der Waals surface area contributed by atoms with Gasteiger partial charge in [0.05, 0.1) is 19.8 Å². The molecule has 0 bridgehead atoms. The van der Waals surface area contributed by atoms with Gasteiger partial charge in [0.2, 0.25) is 0 Å². The smallest absolute Gasteiger partial charge is 0.402 e. The summed E-state index contributed by atoms with van der Waals surface area (Å²) >= 11 is 0. The van der Waals surface area contributed by atoms with Gasteiger partial charge >= 0.3 is 6.09 Å². The maximum atomic E-state index is 8.78. The number of carboxylic acid groups (broad SMARTS) is 1. The first-order valence-corrected chi connectivity index (χ1v) is 4.11. The van der Waals surface area contributed by atoms with Crippen molar-refractivity contribution in [1.82, 2.24) is 4.90 Å². The molecule has 7 nitrogen and oxygen atoms in total. The van der Waals surface area contributed by atoms with E-state index in [4.69, 9.17) is 25.2 Å². The Morgan fingerprint density at radius 3 is 1.36 bits per heavy atom. The molecule has 0 aliphatic heterocycles. The van der Waals surface area contributed by atoms with Crippen LogP contribution in [0.2, 0.25) is 0 Å². The summed E-state index contributed by atoms with van der Waals surface area (Å²) in [6, 6.07) is 0. The van der Waals surface area contributed by atoms with E-state index in [1.807, 2.05) is 0 Å². The average molecular weight is 210 g/mol. The lowest BCUT2D eigenvalue weighted by atomic mass is 10.4. The highest BCUT2D eigenvalue weighted by Gasteiger charge is 2.00. The number of aliphatic hydroxyl groups excluding tert-OH is 3. The Labute approximate surface area is 82.4 Å². The van der Waals surface area contributed by atoms with Crippen molar-refractivity contribution in [3.8, 4) is 0 Å². The minimum Gasteiger partial charge on any atom is -0.465 e. The molecule has 0 aromatic rings. The maximum Gasteiger partial charge on any atom is 0.402 e. The van der Waals surface area contributed by atoms with Crippen molar-refractivity contribution in [2.75, 3.05) is 39.5 Å². The molecule has 86 valence electrons. The Balaban J connectivity index is 0. The largest absolute Gasteiger partial charge is 0.465 e. The zero-order chi connectivity index (χ0) is 11.4. The molecule has 0 fully saturated rings. The average Bonchev–Trinajstić information content (AvgIpc) is 2.04. The van der Waals surface area contributed by atoms with E-state index < -0.39 is 6.09 Å². The Kier molecular flexibility index (Phi) is 13.5. The van der Waals surface area contributed by atoms with Crippen molar-refractivity contribution in [2.45, 2.75) is 0 Å². The number of aliphatic hydroxyl groups is 3. The molecule has 7 heteroatoms. The van der Waals surface area contributed by atoms with E-state index in [0.29, 0.717) is 19.6 Å². The molecule has 14 heavy (non-hydrogen) atoms. The summed E-state index contributed by atoms with van der Waals surface area (Å²) in [5.41, 5.74) is 4.03. The van der Waals surface area contributed by atoms with Crippen LogP contribution in [0, 0.1) is 0 Å². The fraction of sp³-hybridized carbons (Fsp3) is 0.857. The molecule has 1 amide bonds. The first kappa shape index (κ1) is 15.6. The minimum atomic E-state index is -1.33. The fourth-order valence-electron chi connectivity index (χ4n) is 0.760. The summed E-state index contributed by atoms with van der Waals surface area (Å²) in [6.07, 6.45) is -1.33. The van der Waals surface area contributed by atoms with Gasteiger partial charge < -0.3 is 26.2 Å². The van der Waals surface area contributed by atoms with Crippen molar-refractivity contribution in [3.05, 3.63) is 0 Å². The van der Waals surface area contributed by atoms with Gasteiger partial charge in [0.1, 0.15) is 0 Å². The number of hydrogen-bond acceptors (Lipinski definition) is 5. The molecule has 0 aliphatic carbocycles. The number of nitrogens with zero attached hydrogens (tertiary/aromatic N) is 1. The Morgan fingerprint density at radius 2 is 1.21 bits per heavy atom. The SMILES string of the molecule is NC(=O)O.OCCN(CCO)CCO. The summed E-state index contributed by atoms with van der Waals surface area (Å²) in [7, 11) is 0. The van der Waals surface area contributed by atoms with Crippen molar-refractivity contribution in [1.29, 1.82) is 0 Å². The lowest BCUT2D eigenvalue weighted by Crippen LogP contribution is -2.32. The van der Waals surface area contributed by atoms with Crippen LogP contribution in [-0.2, 0) is 0 Å². The van der Waals surface area contributed by atoms with Crippen LogP contribution in [0.5, 0.6) is 0 Å². The molecular weight excluding hydrogens is 192 g/mol. The van der Waals surface area contributed by atoms with E-state index in [2.05, 4.69) is 5.73 Å². The molecule has 6 N–H and O–H groups in total. The molecule has 0 unspecified atom stereocenters. The normalized spacial score (nSPS) is 9.43. The molecule has 0 spiro atoms. The van der Waals surface area contributed by atoms with Gasteiger partial charge in [-0.05, 0) is 0 Å². The van der Waals surface area contributed by atoms with Gasteiger partial charge in [-0.2, -0.15) is 0 Å². The van der Waals surface area contributed by atoms with Crippen LogP contribution in [0.4, 0.5) is 4.79 Å². The van der Waals surface area contributed by atoms with Crippen molar-refractivity contribution < 1.29 is 25.2 Å². The summed E-state index contributed by atoms with van der Waals surface area (Å²) in [5.74, 6) is 0. The van der Waals surface area contributed by atoms with Gasteiger partial charge in [-0.15, -0.1) is 0 Å². The van der Waals surface area contributed by atoms with Crippen LogP contribution in [-0.4, -0.2) is 70.9 Å². The van der Waals surface area contributed by atoms with E-state index in [1.165, 1.54) is 0 Å². The molecular formula is C7H18N2O5. The number of amides is 1. The van der Waals surface area contributed by atoms with Gasteiger partial charge in [0.25, 0.3) is 0 Å². The van der Waals surface area contributed by atoms with Crippen LogP contribution in [0.25, 0.3) is 0 Å². The predicted octanol–water partition coefficient (Wildman–Crippen LogP) is -2.11. The van der Waals surface area contributed by atoms with E-state index in [9.17, 15) is 0 Å². The number of rotatable bonds is 6. The topological polar surface area (TPSA) is 127 Å². The second kappa shape index (κ2) is 12.1. The standard InChI is InChI=1S/C6H15NO3.CH3NO2/c8-4-1-7(2-5-9)3-6-10;2-1(3)4/h8-10H,1-6H2;2H2,(H,3,4). The highest BCUT2D eigenvalue weighted by molar-refractivity contribution is 5.61. The van der Waals surface area contributed by atoms with Gasteiger partial charge in [0, 0.05) is 19.6 Å². The lowest BCUT2D eigenvalue weighted by molar-refractivity contribution is 0.136. The third-order valence-electron chi connectivity index (χ3n) is 1.25. The number of hydrogen-bond donors (Lipinski definition) is 5. The van der Waals surface area contributed by atoms with Crippen molar-refractivity contribution >= 4 is 6.09 Å². The second-order valence-corrected chi connectivity index (χ2v) is 2.35. The lowest BCUT2D eigenvalue weighted by Gasteiger charge is -2.17. The summed E-state index contributed by atoms with van der Waals surface area (Å²) in [5, 5.41) is 32.6. The second-order valence-electron chi connectivity index (χ2n) is 2.35. The molecule has 0 aromatic heterocycles. The van der Waals surface area contributed by atoms with E-state index in [0.717, 1.165) is 0 Å². The van der Waals surface area contributed by atoms with Crippen LogP contribution < -0.4 is 5.73 Å². The van der Waals surface area contributed by atoms with Gasteiger partial charge in [0.15, 0.2) is 0 Å². The number of nitrogens with two attached hydrogens (primary N) is 1. The van der Waals surface area contributed by atoms with Crippen LogP contribution in [0.15, 0.2) is 0 Å². The predicted molar refractivity (Wildman–Crippen MR) is 49.9 cm³/mol. The summed E-state index contributed by atoms with van der Waals surface area (Å²) in [4.78, 5) is 10.6. The molecule has 0 saturated carbocycles. The molecule has 0 atom stereocenters. The molecule has 0 aliphatic rings. The first-order chi connectivity index (χ1) is 6.58. The first-order valence-electron chi connectivity index (χ1n) is 4.11. The van der Waals surface area contributed by atoms with E-state index in [1.54, 1.807) is 4.90 Å². The van der Waals surface area contributed by atoms with Crippen molar-refractivity contribution in [3.63, 3.8) is 0 Å². The quantitative estimate of drug-likeness (QED) is 0.341. The fourth-order valence-corrected chi connectivity index (χ4v) is 0.760. The van der Waals surface area contributed by atoms with Crippen molar-refractivity contribution in [2.24, 2.45) is 5.73 Å². The van der Waals surface area contributed by atoms with E-state index >= 15 is 0 Å². The number of carbonyl (C=O) groups is 1. The van der Waals surface area contributed by atoms with Gasteiger partial charge in [-0.25, -0.2) is 4.79 Å². The third kappa shape index (κ3) is 17.3. The van der Waals surface area contributed by atoms with Crippen LogP contribution in [0.1, 0.15) is 0 Å². The van der Waals surface area contributed by atoms with Crippen LogP contribution >= 0.6 is 0 Å². The maximum absolute atomic E-state index is 8.78. The zero-order valence-electron chi connectivity index (χ0n) is 7.96. The molecule has 0 radical (unpaired) electrons. The minimum absolute atomic E-state index is 0.0694. The van der Waals surface area contributed by atoms with E-state index in [-0.39, 0.29) is 19.8 Å². The highest BCUT2D eigenvalue weighted by atomic mass is 16.4. The summed E-state index contributed by atoms with van der Waals surface area (Å²) < 4.78 is 0. The number of primary amides is 1. The Morgan fingerprint density at radius 1 is 1.00 bits per heavy atom. The third-order valence-corrected chi connectivity index (χ3v) is 1.25. The zero-order valence-corrected chi connectivity index (χ0v) is 7.96. The van der Waals surface area contributed by atoms with Crippen LogP contribution in [0.3, 0.4) is 0 Å². The highest BCUT2D eigenvalue weighted by Crippen LogP contribution is 1.84. The molecule has 0 saturated heterocycles. The molecule has 0 rings (SSSR count). The molecule has 0 heterocycles. The van der Waals surface area contributed by atoms with Gasteiger partial charge in [-0.1, -0.05) is 0 Å².